The van der Waals surface area contributed by atoms with Crippen LogP contribution in [0.15, 0.2) is 5.16 Å². The third kappa shape index (κ3) is 3.09. The summed E-state index contributed by atoms with van der Waals surface area (Å²) in [6.45, 7) is 7.84. The highest BCUT2D eigenvalue weighted by molar-refractivity contribution is 5.80. The van der Waals surface area contributed by atoms with Crippen molar-refractivity contribution in [2.75, 3.05) is 6.54 Å². The standard InChI is InChI=1S/C11H23N3O/c1-8-5-4-6-14(10(8)3)9(2)7-11(12)13-15/h8-10,15H,4-7H2,1-3H3,(H2,12,13). The Morgan fingerprint density at radius 2 is 2.27 bits per heavy atom. The highest BCUT2D eigenvalue weighted by atomic mass is 16.4. The molecule has 3 atom stereocenters. The minimum absolute atomic E-state index is 0.327. The fraction of sp³-hybridized carbons (Fsp3) is 0.909. The molecule has 0 aromatic heterocycles. The van der Waals surface area contributed by atoms with E-state index < -0.39 is 0 Å². The summed E-state index contributed by atoms with van der Waals surface area (Å²) < 4.78 is 0. The predicted molar refractivity (Wildman–Crippen MR) is 62.1 cm³/mol. The molecule has 3 N–H and O–H groups in total. The summed E-state index contributed by atoms with van der Waals surface area (Å²) in [6.07, 6.45) is 3.22. The maximum absolute atomic E-state index is 8.54. The van der Waals surface area contributed by atoms with Gasteiger partial charge < -0.3 is 10.9 Å². The Bertz CT molecular complexity index is 230. The molecule has 0 spiro atoms. The molecule has 4 nitrogen and oxygen atoms in total. The first kappa shape index (κ1) is 12.3. The molecule has 4 heteroatoms. The van der Waals surface area contributed by atoms with E-state index in [0.717, 1.165) is 12.5 Å². The van der Waals surface area contributed by atoms with Crippen molar-refractivity contribution in [2.45, 2.75) is 52.1 Å². The minimum atomic E-state index is 0.327. The highest BCUT2D eigenvalue weighted by Gasteiger charge is 2.28. The van der Waals surface area contributed by atoms with Crippen LogP contribution in [0.25, 0.3) is 0 Å². The normalized spacial score (nSPS) is 31.5. The molecule has 0 aliphatic carbocycles. The van der Waals surface area contributed by atoms with Crippen molar-refractivity contribution in [3.05, 3.63) is 0 Å². The third-order valence-corrected chi connectivity index (χ3v) is 3.62. The number of rotatable bonds is 3. The Morgan fingerprint density at radius 3 is 2.87 bits per heavy atom. The molecule has 1 aliphatic rings. The van der Waals surface area contributed by atoms with E-state index in [2.05, 4.69) is 30.8 Å². The maximum Gasteiger partial charge on any atom is 0.140 e. The van der Waals surface area contributed by atoms with E-state index in [0.29, 0.717) is 24.3 Å². The fourth-order valence-electron chi connectivity index (χ4n) is 2.45. The number of hydrogen-bond acceptors (Lipinski definition) is 3. The van der Waals surface area contributed by atoms with Gasteiger partial charge in [0, 0.05) is 18.5 Å². The van der Waals surface area contributed by atoms with Crippen molar-refractivity contribution in [2.24, 2.45) is 16.8 Å². The molecule has 15 heavy (non-hydrogen) atoms. The average molecular weight is 213 g/mol. The Labute approximate surface area is 92.1 Å². The van der Waals surface area contributed by atoms with Gasteiger partial charge in [-0.25, -0.2) is 0 Å². The van der Waals surface area contributed by atoms with E-state index in [9.17, 15) is 0 Å². The van der Waals surface area contributed by atoms with Gasteiger partial charge in [-0.2, -0.15) is 0 Å². The summed E-state index contributed by atoms with van der Waals surface area (Å²) in [5, 5.41) is 11.6. The molecule has 0 radical (unpaired) electrons. The second kappa shape index (κ2) is 5.35. The first-order valence-corrected chi connectivity index (χ1v) is 5.78. The topological polar surface area (TPSA) is 61.8 Å². The van der Waals surface area contributed by atoms with Crippen molar-refractivity contribution >= 4 is 5.84 Å². The molecule has 0 saturated carbocycles. The molecule has 1 heterocycles. The van der Waals surface area contributed by atoms with Crippen LogP contribution in [0.5, 0.6) is 0 Å². The lowest BCUT2D eigenvalue weighted by molar-refractivity contribution is 0.0779. The number of likely N-dealkylation sites (tertiary alicyclic amines) is 1. The van der Waals surface area contributed by atoms with Crippen LogP contribution in [0.4, 0.5) is 0 Å². The zero-order valence-electron chi connectivity index (χ0n) is 9.98. The second-order valence-electron chi connectivity index (χ2n) is 4.74. The minimum Gasteiger partial charge on any atom is -0.409 e. The highest BCUT2D eigenvalue weighted by Crippen LogP contribution is 2.25. The van der Waals surface area contributed by atoms with Crippen molar-refractivity contribution in [3.63, 3.8) is 0 Å². The molecule has 1 saturated heterocycles. The van der Waals surface area contributed by atoms with Crippen molar-refractivity contribution in [1.29, 1.82) is 0 Å². The molecular formula is C11H23N3O. The van der Waals surface area contributed by atoms with Crippen LogP contribution in [0.3, 0.4) is 0 Å². The Morgan fingerprint density at radius 1 is 1.60 bits per heavy atom. The molecule has 88 valence electrons. The maximum atomic E-state index is 8.54. The fourth-order valence-corrected chi connectivity index (χ4v) is 2.45. The van der Waals surface area contributed by atoms with E-state index in [1.807, 2.05) is 0 Å². The van der Waals surface area contributed by atoms with Gasteiger partial charge in [-0.1, -0.05) is 12.1 Å². The zero-order valence-corrected chi connectivity index (χ0v) is 9.98. The summed E-state index contributed by atoms with van der Waals surface area (Å²) in [6, 6.07) is 0.957. The number of piperidine rings is 1. The van der Waals surface area contributed by atoms with Gasteiger partial charge in [0.2, 0.25) is 0 Å². The van der Waals surface area contributed by atoms with Gasteiger partial charge in [-0.15, -0.1) is 0 Å². The van der Waals surface area contributed by atoms with Crippen LogP contribution in [-0.4, -0.2) is 34.6 Å². The number of amidine groups is 1. The molecule has 3 unspecified atom stereocenters. The lowest BCUT2D eigenvalue weighted by atomic mass is 9.90. The van der Waals surface area contributed by atoms with Crippen LogP contribution in [0.1, 0.15) is 40.0 Å². The van der Waals surface area contributed by atoms with Crippen LogP contribution < -0.4 is 5.73 Å². The molecule has 0 aromatic carbocycles. The number of oxime groups is 1. The molecule has 0 aromatic rings. The van der Waals surface area contributed by atoms with Crippen molar-refractivity contribution < 1.29 is 5.21 Å². The van der Waals surface area contributed by atoms with Gasteiger partial charge in [0.15, 0.2) is 0 Å². The largest absolute Gasteiger partial charge is 0.409 e. The molecule has 1 rings (SSSR count). The van der Waals surface area contributed by atoms with Gasteiger partial charge in [0.25, 0.3) is 0 Å². The molecule has 0 bridgehead atoms. The zero-order chi connectivity index (χ0) is 11.4. The van der Waals surface area contributed by atoms with E-state index in [-0.39, 0.29) is 0 Å². The molecule has 1 fully saturated rings. The first-order valence-electron chi connectivity index (χ1n) is 5.78. The Kier molecular flexibility index (Phi) is 4.39. The monoisotopic (exact) mass is 213 g/mol. The van der Waals surface area contributed by atoms with E-state index in [4.69, 9.17) is 10.9 Å². The first-order chi connectivity index (χ1) is 7.06. The van der Waals surface area contributed by atoms with Gasteiger partial charge >= 0.3 is 0 Å². The second-order valence-corrected chi connectivity index (χ2v) is 4.74. The van der Waals surface area contributed by atoms with Crippen molar-refractivity contribution in [3.8, 4) is 0 Å². The molecule has 0 amide bonds. The van der Waals surface area contributed by atoms with Gasteiger partial charge in [0.1, 0.15) is 5.84 Å². The quantitative estimate of drug-likeness (QED) is 0.324. The van der Waals surface area contributed by atoms with Gasteiger partial charge in [-0.3, -0.25) is 4.90 Å². The van der Waals surface area contributed by atoms with E-state index in [1.54, 1.807) is 0 Å². The lowest BCUT2D eigenvalue weighted by Gasteiger charge is -2.41. The van der Waals surface area contributed by atoms with E-state index in [1.165, 1.54) is 12.8 Å². The number of hydrogen-bond donors (Lipinski definition) is 2. The average Bonchev–Trinajstić information content (AvgIpc) is 2.21. The summed E-state index contributed by atoms with van der Waals surface area (Å²) >= 11 is 0. The van der Waals surface area contributed by atoms with Crippen molar-refractivity contribution in [1.82, 2.24) is 4.90 Å². The lowest BCUT2D eigenvalue weighted by Crippen LogP contribution is -2.48. The Hall–Kier alpha value is -0.770. The van der Waals surface area contributed by atoms with Crippen LogP contribution in [0, 0.1) is 5.92 Å². The summed E-state index contributed by atoms with van der Waals surface area (Å²) in [5.41, 5.74) is 5.53. The predicted octanol–water partition coefficient (Wildman–Crippen LogP) is 1.63. The SMILES string of the molecule is CC1CCCN(C(C)CC(N)=NO)C1C. The summed E-state index contributed by atoms with van der Waals surface area (Å²) in [4.78, 5) is 2.46. The number of nitrogens with two attached hydrogens (primary N) is 1. The summed E-state index contributed by atoms with van der Waals surface area (Å²) in [5.74, 6) is 1.07. The molecule has 1 aliphatic heterocycles. The van der Waals surface area contributed by atoms with Gasteiger partial charge in [0.05, 0.1) is 0 Å². The summed E-state index contributed by atoms with van der Waals surface area (Å²) in [7, 11) is 0. The number of nitrogens with zero attached hydrogens (tertiary/aromatic N) is 2. The van der Waals surface area contributed by atoms with E-state index >= 15 is 0 Å². The third-order valence-electron chi connectivity index (χ3n) is 3.62. The van der Waals surface area contributed by atoms with Crippen LogP contribution >= 0.6 is 0 Å². The van der Waals surface area contributed by atoms with Crippen LogP contribution in [-0.2, 0) is 0 Å². The smallest absolute Gasteiger partial charge is 0.140 e. The van der Waals surface area contributed by atoms with Crippen LogP contribution in [0.2, 0.25) is 0 Å². The Balaban J connectivity index is 2.54. The van der Waals surface area contributed by atoms with Gasteiger partial charge in [-0.05, 0) is 39.2 Å². The molecular weight excluding hydrogens is 190 g/mol.